The molecule has 0 saturated heterocycles. The predicted molar refractivity (Wildman–Crippen MR) is 79.4 cm³/mol. The number of hydrogen-bond acceptors (Lipinski definition) is 4. The Bertz CT molecular complexity index is 627. The van der Waals surface area contributed by atoms with Crippen LogP contribution in [0.3, 0.4) is 0 Å². The molecule has 116 valence electrons. The van der Waals surface area contributed by atoms with Gasteiger partial charge in [-0.3, -0.25) is 14.4 Å². The zero-order chi connectivity index (χ0) is 16.3. The Morgan fingerprint density at radius 1 is 1.41 bits per heavy atom. The molecule has 22 heavy (non-hydrogen) atoms. The Hall–Kier alpha value is -2.34. The van der Waals surface area contributed by atoms with E-state index in [4.69, 9.17) is 16.3 Å². The maximum absolute atomic E-state index is 12.1. The number of halogens is 1. The maximum Gasteiger partial charge on any atom is 0.324 e. The van der Waals surface area contributed by atoms with E-state index in [9.17, 15) is 19.5 Å². The lowest BCUT2D eigenvalue weighted by molar-refractivity contribution is -0.162. The number of rotatable bonds is 6. The first kappa shape index (κ1) is 16.0. The minimum absolute atomic E-state index is 0.0856. The van der Waals surface area contributed by atoms with E-state index in [0.717, 1.165) is 0 Å². The van der Waals surface area contributed by atoms with E-state index in [0.29, 0.717) is 10.7 Å². The van der Waals surface area contributed by atoms with Gasteiger partial charge >= 0.3 is 11.9 Å². The van der Waals surface area contributed by atoms with Crippen molar-refractivity contribution in [3.63, 3.8) is 0 Å². The van der Waals surface area contributed by atoms with Crippen molar-refractivity contribution in [2.75, 3.05) is 11.9 Å². The van der Waals surface area contributed by atoms with Gasteiger partial charge < -0.3 is 15.2 Å². The summed E-state index contributed by atoms with van der Waals surface area (Å²) in [5, 5.41) is 12.3. The third kappa shape index (κ3) is 2.96. The summed E-state index contributed by atoms with van der Waals surface area (Å²) in [7, 11) is 0. The van der Waals surface area contributed by atoms with Crippen LogP contribution in [-0.4, -0.2) is 29.6 Å². The van der Waals surface area contributed by atoms with Crippen molar-refractivity contribution < 1.29 is 24.2 Å². The first-order chi connectivity index (χ1) is 10.4. The van der Waals surface area contributed by atoms with Crippen LogP contribution in [0, 0.1) is 11.3 Å². The molecule has 1 aliphatic rings. The molecule has 0 bridgehead atoms. The van der Waals surface area contributed by atoms with Gasteiger partial charge in [0.25, 0.3) is 0 Å². The van der Waals surface area contributed by atoms with Crippen molar-refractivity contribution >= 4 is 35.1 Å². The number of anilines is 1. The van der Waals surface area contributed by atoms with Crippen LogP contribution in [-0.2, 0) is 19.1 Å². The SMILES string of the molecule is C=CCOC(=O)C1(C(=O)O)CC1C(=O)Nc1ccc(Cl)cc1. The Balaban J connectivity index is 2.07. The summed E-state index contributed by atoms with van der Waals surface area (Å²) >= 11 is 5.74. The number of ether oxygens (including phenoxy) is 1. The van der Waals surface area contributed by atoms with Gasteiger partial charge in [-0.1, -0.05) is 24.3 Å². The first-order valence-corrected chi connectivity index (χ1v) is 6.87. The molecule has 1 amide bonds. The molecule has 1 aromatic rings. The third-order valence-corrected chi connectivity index (χ3v) is 3.72. The molecule has 1 fully saturated rings. The van der Waals surface area contributed by atoms with Crippen molar-refractivity contribution in [3.8, 4) is 0 Å². The van der Waals surface area contributed by atoms with Gasteiger partial charge in [0.1, 0.15) is 6.61 Å². The molecule has 0 spiro atoms. The smallest absolute Gasteiger partial charge is 0.324 e. The van der Waals surface area contributed by atoms with Crippen LogP contribution in [0.1, 0.15) is 6.42 Å². The summed E-state index contributed by atoms with van der Waals surface area (Å²) < 4.78 is 4.79. The Morgan fingerprint density at radius 3 is 2.59 bits per heavy atom. The van der Waals surface area contributed by atoms with Crippen LogP contribution in [0.2, 0.25) is 5.02 Å². The van der Waals surface area contributed by atoms with E-state index < -0.39 is 29.2 Å². The summed E-state index contributed by atoms with van der Waals surface area (Å²) in [6, 6.07) is 6.35. The van der Waals surface area contributed by atoms with Crippen molar-refractivity contribution in [2.24, 2.45) is 11.3 Å². The zero-order valence-electron chi connectivity index (χ0n) is 11.5. The number of carbonyl (C=O) groups is 3. The summed E-state index contributed by atoms with van der Waals surface area (Å²) in [6.45, 7) is 3.28. The van der Waals surface area contributed by atoms with Gasteiger partial charge in [-0.05, 0) is 30.7 Å². The Morgan fingerprint density at radius 2 is 2.05 bits per heavy atom. The molecule has 2 unspecified atom stereocenters. The van der Waals surface area contributed by atoms with Gasteiger partial charge in [0.2, 0.25) is 5.91 Å². The third-order valence-electron chi connectivity index (χ3n) is 3.47. The molecular weight excluding hydrogens is 310 g/mol. The van der Waals surface area contributed by atoms with E-state index >= 15 is 0 Å². The van der Waals surface area contributed by atoms with Gasteiger partial charge in [-0.15, -0.1) is 0 Å². The molecule has 2 atom stereocenters. The van der Waals surface area contributed by atoms with Crippen molar-refractivity contribution in [1.82, 2.24) is 0 Å². The fraction of sp³-hybridized carbons (Fsp3) is 0.267. The van der Waals surface area contributed by atoms with Gasteiger partial charge in [0.15, 0.2) is 5.41 Å². The number of carbonyl (C=O) groups excluding carboxylic acids is 2. The lowest BCUT2D eigenvalue weighted by Crippen LogP contribution is -2.33. The fourth-order valence-corrected chi connectivity index (χ4v) is 2.28. The van der Waals surface area contributed by atoms with E-state index in [1.54, 1.807) is 24.3 Å². The lowest BCUT2D eigenvalue weighted by Gasteiger charge is -2.11. The van der Waals surface area contributed by atoms with Crippen LogP contribution >= 0.6 is 11.6 Å². The molecule has 1 aromatic carbocycles. The topological polar surface area (TPSA) is 92.7 Å². The molecule has 1 aliphatic carbocycles. The van der Waals surface area contributed by atoms with Crippen molar-refractivity contribution in [1.29, 1.82) is 0 Å². The Labute approximate surface area is 131 Å². The van der Waals surface area contributed by atoms with Crippen LogP contribution in [0.5, 0.6) is 0 Å². The molecule has 6 nitrogen and oxygen atoms in total. The van der Waals surface area contributed by atoms with E-state index in [1.807, 2.05) is 0 Å². The molecule has 7 heteroatoms. The Kier molecular flexibility index (Phi) is 4.51. The summed E-state index contributed by atoms with van der Waals surface area (Å²) in [5.74, 6) is -3.78. The summed E-state index contributed by atoms with van der Waals surface area (Å²) in [5.41, 5.74) is -1.33. The first-order valence-electron chi connectivity index (χ1n) is 6.49. The maximum atomic E-state index is 12.1. The minimum Gasteiger partial charge on any atom is -0.480 e. The number of benzene rings is 1. The number of carboxylic acids is 1. The molecular formula is C15H14ClNO5. The highest BCUT2D eigenvalue weighted by Crippen LogP contribution is 2.54. The van der Waals surface area contributed by atoms with Crippen LogP contribution in [0.4, 0.5) is 5.69 Å². The highest BCUT2D eigenvalue weighted by Gasteiger charge is 2.70. The number of carboxylic acid groups (broad SMARTS) is 1. The lowest BCUT2D eigenvalue weighted by atomic mass is 10.0. The van der Waals surface area contributed by atoms with E-state index in [1.165, 1.54) is 6.08 Å². The monoisotopic (exact) mass is 323 g/mol. The van der Waals surface area contributed by atoms with Gasteiger partial charge in [-0.25, -0.2) is 0 Å². The molecule has 2 rings (SSSR count). The van der Waals surface area contributed by atoms with Gasteiger partial charge in [0, 0.05) is 10.7 Å². The average Bonchev–Trinajstić information content (AvgIpc) is 3.24. The number of hydrogen-bond donors (Lipinski definition) is 2. The van der Waals surface area contributed by atoms with Crippen LogP contribution in [0.25, 0.3) is 0 Å². The zero-order valence-corrected chi connectivity index (χ0v) is 12.3. The second kappa shape index (κ2) is 6.19. The molecule has 2 N–H and O–H groups in total. The average molecular weight is 324 g/mol. The minimum atomic E-state index is -1.81. The number of aliphatic carboxylic acids is 1. The molecule has 0 radical (unpaired) electrons. The second-order valence-electron chi connectivity index (χ2n) is 4.92. The highest BCUT2D eigenvalue weighted by molar-refractivity contribution is 6.30. The van der Waals surface area contributed by atoms with Crippen LogP contribution in [0.15, 0.2) is 36.9 Å². The van der Waals surface area contributed by atoms with Crippen molar-refractivity contribution in [3.05, 3.63) is 41.9 Å². The predicted octanol–water partition coefficient (Wildman–Crippen LogP) is 2.10. The standard InChI is InChI=1S/C15H14ClNO5/c1-2-7-22-14(21)15(13(19)20)8-11(15)12(18)17-10-5-3-9(16)4-6-10/h2-6,11H,1,7-8H2,(H,17,18)(H,19,20). The second-order valence-corrected chi connectivity index (χ2v) is 5.35. The normalized spacial score (nSPS) is 22.5. The van der Waals surface area contributed by atoms with E-state index in [-0.39, 0.29) is 13.0 Å². The fourth-order valence-electron chi connectivity index (χ4n) is 2.15. The number of amides is 1. The van der Waals surface area contributed by atoms with Crippen LogP contribution < -0.4 is 5.32 Å². The molecule has 0 aliphatic heterocycles. The highest BCUT2D eigenvalue weighted by atomic mass is 35.5. The molecule has 1 saturated carbocycles. The number of nitrogens with one attached hydrogen (secondary N) is 1. The molecule has 0 heterocycles. The van der Waals surface area contributed by atoms with Gasteiger partial charge in [0.05, 0.1) is 5.92 Å². The summed E-state index contributed by atoms with van der Waals surface area (Å²) in [4.78, 5) is 35.4. The number of esters is 1. The summed E-state index contributed by atoms with van der Waals surface area (Å²) in [6.07, 6.45) is 1.25. The van der Waals surface area contributed by atoms with Gasteiger partial charge in [-0.2, -0.15) is 0 Å². The largest absolute Gasteiger partial charge is 0.480 e. The molecule has 0 aromatic heterocycles. The van der Waals surface area contributed by atoms with Crippen molar-refractivity contribution in [2.45, 2.75) is 6.42 Å². The van der Waals surface area contributed by atoms with E-state index in [2.05, 4.69) is 11.9 Å². The quantitative estimate of drug-likeness (QED) is 0.475.